The molecule has 9 rings (SSSR count). The van der Waals surface area contributed by atoms with Gasteiger partial charge in [-0.3, -0.25) is 0 Å². The monoisotopic (exact) mass is 620 g/mol. The summed E-state index contributed by atoms with van der Waals surface area (Å²) in [4.78, 5) is 30.5. The number of rotatable bonds is 5. The summed E-state index contributed by atoms with van der Waals surface area (Å²) in [6.45, 7) is 0. The Balaban J connectivity index is 1.19. The van der Waals surface area contributed by atoms with Gasteiger partial charge in [0.05, 0.1) is 15.9 Å². The lowest BCUT2D eigenvalue weighted by Crippen LogP contribution is -2.00. The number of pyridine rings is 1. The van der Waals surface area contributed by atoms with Crippen molar-refractivity contribution < 1.29 is 0 Å². The van der Waals surface area contributed by atoms with Crippen LogP contribution in [0, 0.1) is 0 Å². The number of thiophene rings is 1. The van der Waals surface area contributed by atoms with E-state index in [0.29, 0.717) is 23.3 Å². The summed E-state index contributed by atoms with van der Waals surface area (Å²) in [6, 6.07) is 47.1. The molecule has 9 aromatic rings. The van der Waals surface area contributed by atoms with Gasteiger partial charge in [0.2, 0.25) is 0 Å². The van der Waals surface area contributed by atoms with Gasteiger partial charge >= 0.3 is 0 Å². The van der Waals surface area contributed by atoms with Crippen molar-refractivity contribution in [3.8, 4) is 56.8 Å². The second kappa shape index (κ2) is 11.3. The van der Waals surface area contributed by atoms with E-state index < -0.39 is 0 Å². The van der Waals surface area contributed by atoms with Gasteiger partial charge in [0.15, 0.2) is 23.3 Å². The third-order valence-corrected chi connectivity index (χ3v) is 9.32. The zero-order valence-electron chi connectivity index (χ0n) is 24.9. The lowest BCUT2D eigenvalue weighted by Gasteiger charge is -2.10. The van der Waals surface area contributed by atoms with Crippen molar-refractivity contribution in [1.82, 2.24) is 29.9 Å². The normalized spacial score (nSPS) is 11.4. The van der Waals surface area contributed by atoms with Crippen molar-refractivity contribution in [3.05, 3.63) is 146 Å². The van der Waals surface area contributed by atoms with Crippen molar-refractivity contribution in [2.75, 3.05) is 0 Å². The maximum absolute atomic E-state index is 5.18. The fourth-order valence-corrected chi connectivity index (χ4v) is 6.94. The molecular formula is C40H24N6S. The summed E-state index contributed by atoms with van der Waals surface area (Å²) >= 11 is 1.62. The van der Waals surface area contributed by atoms with Crippen LogP contribution in [-0.4, -0.2) is 29.9 Å². The van der Waals surface area contributed by atoms with E-state index in [4.69, 9.17) is 24.9 Å². The largest absolute Gasteiger partial charge is 0.245 e. The minimum Gasteiger partial charge on any atom is -0.245 e. The summed E-state index contributed by atoms with van der Waals surface area (Å²) in [5.74, 6) is 2.56. The molecule has 0 aliphatic heterocycles. The van der Waals surface area contributed by atoms with E-state index in [0.717, 1.165) is 59.3 Å². The van der Waals surface area contributed by atoms with Crippen molar-refractivity contribution in [2.45, 2.75) is 0 Å². The number of hydrogen-bond donors (Lipinski definition) is 0. The minimum atomic E-state index is 0.611. The average molecular weight is 621 g/mol. The van der Waals surface area contributed by atoms with E-state index in [9.17, 15) is 0 Å². The Labute approximate surface area is 274 Å². The van der Waals surface area contributed by atoms with E-state index in [2.05, 4.69) is 77.8 Å². The molecule has 0 aliphatic rings. The van der Waals surface area contributed by atoms with Crippen LogP contribution < -0.4 is 0 Å². The molecule has 7 heteroatoms. The van der Waals surface area contributed by atoms with Gasteiger partial charge in [-0.25, -0.2) is 29.9 Å². The van der Waals surface area contributed by atoms with Crippen molar-refractivity contribution in [2.24, 2.45) is 0 Å². The molecule has 0 fully saturated rings. The molecule has 0 saturated heterocycles. The predicted molar refractivity (Wildman–Crippen MR) is 191 cm³/mol. The summed E-state index contributed by atoms with van der Waals surface area (Å²) in [6.07, 6.45) is 1.83. The van der Waals surface area contributed by atoms with Crippen LogP contribution in [-0.2, 0) is 0 Å². The summed E-state index contributed by atoms with van der Waals surface area (Å²) in [5.41, 5.74) is 6.50. The number of benzene rings is 5. The first-order chi connectivity index (χ1) is 23.3. The maximum atomic E-state index is 5.18. The minimum absolute atomic E-state index is 0.611. The molecule has 0 radical (unpaired) electrons. The van der Waals surface area contributed by atoms with Crippen LogP contribution in [0.5, 0.6) is 0 Å². The van der Waals surface area contributed by atoms with Gasteiger partial charge < -0.3 is 0 Å². The SMILES string of the molecule is c1ccc(-c2nc(-c3ccccc3)nc(-c3ccc(-c4nc(-c5ccc6ccccc6c5)nc5c4sc4ncccc45)cc3)n2)cc1. The summed E-state index contributed by atoms with van der Waals surface area (Å²) < 4.78 is 1.01. The highest BCUT2D eigenvalue weighted by Gasteiger charge is 2.18. The number of nitrogens with zero attached hydrogens (tertiary/aromatic N) is 6. The zero-order valence-corrected chi connectivity index (χ0v) is 25.8. The molecule has 0 N–H and O–H groups in total. The average Bonchev–Trinajstić information content (AvgIpc) is 3.53. The third-order valence-electron chi connectivity index (χ3n) is 8.21. The van der Waals surface area contributed by atoms with Crippen LogP contribution in [0.25, 0.3) is 88.0 Å². The molecule has 47 heavy (non-hydrogen) atoms. The second-order valence-electron chi connectivity index (χ2n) is 11.2. The molecular weight excluding hydrogens is 597 g/mol. The van der Waals surface area contributed by atoms with E-state index in [1.54, 1.807) is 11.3 Å². The van der Waals surface area contributed by atoms with E-state index >= 15 is 0 Å². The van der Waals surface area contributed by atoms with Gasteiger partial charge in [-0.05, 0) is 29.0 Å². The molecule has 4 aromatic heterocycles. The van der Waals surface area contributed by atoms with Crippen LogP contribution in [0.15, 0.2) is 146 Å². The van der Waals surface area contributed by atoms with Gasteiger partial charge in [0, 0.05) is 39.4 Å². The Hall–Kier alpha value is -6.18. The van der Waals surface area contributed by atoms with Crippen molar-refractivity contribution in [3.63, 3.8) is 0 Å². The lowest BCUT2D eigenvalue weighted by atomic mass is 10.0. The molecule has 0 aliphatic carbocycles. The smallest absolute Gasteiger partial charge is 0.164 e. The first-order valence-electron chi connectivity index (χ1n) is 15.3. The molecule has 220 valence electrons. The first kappa shape index (κ1) is 27.2. The van der Waals surface area contributed by atoms with Gasteiger partial charge in [-0.15, -0.1) is 11.3 Å². The fraction of sp³-hybridized carbons (Fsp3) is 0. The van der Waals surface area contributed by atoms with E-state index in [1.807, 2.05) is 72.9 Å². The van der Waals surface area contributed by atoms with Crippen LogP contribution in [0.3, 0.4) is 0 Å². The second-order valence-corrected chi connectivity index (χ2v) is 12.2. The topological polar surface area (TPSA) is 77.3 Å². The Morgan fingerprint density at radius 2 is 0.957 bits per heavy atom. The Bertz CT molecular complexity index is 2510. The quantitative estimate of drug-likeness (QED) is 0.191. The van der Waals surface area contributed by atoms with Gasteiger partial charge in [0.1, 0.15) is 4.83 Å². The van der Waals surface area contributed by atoms with Gasteiger partial charge in [-0.1, -0.05) is 121 Å². The summed E-state index contributed by atoms with van der Waals surface area (Å²) in [5, 5.41) is 3.36. The number of aromatic nitrogens is 6. The predicted octanol–water partition coefficient (Wildman–Crippen LogP) is 9.91. The van der Waals surface area contributed by atoms with Crippen LogP contribution >= 0.6 is 11.3 Å². The molecule has 4 heterocycles. The molecule has 0 unspecified atom stereocenters. The highest BCUT2D eigenvalue weighted by molar-refractivity contribution is 7.25. The molecule has 0 atom stereocenters. The lowest BCUT2D eigenvalue weighted by molar-refractivity contribution is 1.07. The first-order valence-corrected chi connectivity index (χ1v) is 16.1. The maximum Gasteiger partial charge on any atom is 0.164 e. The number of hydrogen-bond acceptors (Lipinski definition) is 7. The highest BCUT2D eigenvalue weighted by atomic mass is 32.1. The molecule has 0 amide bonds. The van der Waals surface area contributed by atoms with Crippen LogP contribution in [0.2, 0.25) is 0 Å². The standard InChI is InChI=1S/C40H24N6S/c1-3-11-27(12-4-1)36-44-37(28-13-5-2-6-14-28)46-38(45-36)29-20-18-26(19-21-29)33-35-34(32-16-9-23-41-40(32)47-35)43-39(42-33)31-22-17-25-10-7-8-15-30(25)24-31/h1-24H. The van der Waals surface area contributed by atoms with Gasteiger partial charge in [0.25, 0.3) is 0 Å². The highest BCUT2D eigenvalue weighted by Crippen LogP contribution is 2.39. The summed E-state index contributed by atoms with van der Waals surface area (Å²) in [7, 11) is 0. The fourth-order valence-electron chi connectivity index (χ4n) is 5.85. The van der Waals surface area contributed by atoms with Crippen LogP contribution in [0.1, 0.15) is 0 Å². The van der Waals surface area contributed by atoms with Gasteiger partial charge in [-0.2, -0.15) is 0 Å². The molecule has 5 aromatic carbocycles. The third kappa shape index (κ3) is 4.99. The molecule has 0 bridgehead atoms. The molecule has 6 nitrogen and oxygen atoms in total. The number of fused-ring (bicyclic) bond motifs is 4. The molecule has 0 spiro atoms. The van der Waals surface area contributed by atoms with Crippen LogP contribution in [0.4, 0.5) is 0 Å². The zero-order chi connectivity index (χ0) is 31.2. The van der Waals surface area contributed by atoms with Crippen molar-refractivity contribution in [1.29, 1.82) is 0 Å². The van der Waals surface area contributed by atoms with E-state index in [1.165, 1.54) is 5.39 Å². The Morgan fingerprint density at radius 1 is 0.404 bits per heavy atom. The Morgan fingerprint density at radius 3 is 1.64 bits per heavy atom. The Kier molecular flexibility index (Phi) is 6.54. The van der Waals surface area contributed by atoms with E-state index in [-0.39, 0.29) is 0 Å². The molecule has 0 saturated carbocycles. The van der Waals surface area contributed by atoms with Crippen molar-refractivity contribution >= 4 is 42.5 Å².